The lowest BCUT2D eigenvalue weighted by molar-refractivity contribution is -0.385. The van der Waals surface area contributed by atoms with Gasteiger partial charge in [0.15, 0.2) is 6.61 Å². The van der Waals surface area contributed by atoms with E-state index in [1.165, 1.54) is 30.2 Å². The van der Waals surface area contributed by atoms with Crippen molar-refractivity contribution >= 4 is 40.7 Å². The smallest absolute Gasteiger partial charge is 0.311 e. The Labute approximate surface area is 201 Å². The van der Waals surface area contributed by atoms with Crippen LogP contribution in [-0.2, 0) is 16.1 Å². The predicted octanol–water partition coefficient (Wildman–Crippen LogP) is 4.23. The summed E-state index contributed by atoms with van der Waals surface area (Å²) in [6.45, 7) is 4.95. The fourth-order valence-electron chi connectivity index (χ4n) is 2.95. The Balaban J connectivity index is 2.22. The first-order valence-corrected chi connectivity index (χ1v) is 10.8. The summed E-state index contributed by atoms with van der Waals surface area (Å²) in [5.74, 6) is -0.581. The Hall–Kier alpha value is -3.04. The SMILES string of the molecule is COc1cc(OCC(=O)N(Cc2ccc(Cl)c(Cl)c2)C(C)C(=O)NC(C)C)ccc1[N+](=O)[O-]. The van der Waals surface area contributed by atoms with E-state index >= 15 is 0 Å². The third kappa shape index (κ3) is 7.23. The number of ether oxygens (including phenoxy) is 2. The first kappa shape index (κ1) is 26.2. The molecule has 0 heterocycles. The summed E-state index contributed by atoms with van der Waals surface area (Å²) in [6.07, 6.45) is 0. The van der Waals surface area contributed by atoms with Gasteiger partial charge in [0.2, 0.25) is 11.7 Å². The maximum Gasteiger partial charge on any atom is 0.311 e. The quantitative estimate of drug-likeness (QED) is 0.388. The Morgan fingerprint density at radius 2 is 1.82 bits per heavy atom. The zero-order valence-electron chi connectivity index (χ0n) is 18.6. The average Bonchev–Trinajstić information content (AvgIpc) is 2.76. The fraction of sp³-hybridized carbons (Fsp3) is 0.364. The number of rotatable bonds is 10. The van der Waals surface area contributed by atoms with Crippen LogP contribution in [0.3, 0.4) is 0 Å². The molecule has 0 bridgehead atoms. The zero-order chi connectivity index (χ0) is 24.7. The molecule has 0 aliphatic rings. The molecule has 0 aliphatic heterocycles. The molecular formula is C22H25Cl2N3O6. The number of nitrogens with zero attached hydrogens (tertiary/aromatic N) is 2. The van der Waals surface area contributed by atoms with Gasteiger partial charge in [-0.2, -0.15) is 0 Å². The molecule has 0 saturated carbocycles. The summed E-state index contributed by atoms with van der Waals surface area (Å²) < 4.78 is 10.6. The molecule has 33 heavy (non-hydrogen) atoms. The number of amides is 2. The molecule has 1 atom stereocenters. The molecule has 0 fully saturated rings. The summed E-state index contributed by atoms with van der Waals surface area (Å²) in [6, 6.07) is 7.96. The fourth-order valence-corrected chi connectivity index (χ4v) is 3.27. The minimum Gasteiger partial charge on any atom is -0.490 e. The molecule has 1 N–H and O–H groups in total. The molecule has 0 saturated heterocycles. The average molecular weight is 498 g/mol. The second-order valence-corrected chi connectivity index (χ2v) is 8.30. The minimum atomic E-state index is -0.802. The van der Waals surface area contributed by atoms with Gasteiger partial charge in [0.1, 0.15) is 11.8 Å². The van der Waals surface area contributed by atoms with Crippen LogP contribution in [0.2, 0.25) is 10.0 Å². The van der Waals surface area contributed by atoms with Crippen molar-refractivity contribution in [1.29, 1.82) is 0 Å². The van der Waals surface area contributed by atoms with Gasteiger partial charge in [-0.25, -0.2) is 0 Å². The monoisotopic (exact) mass is 497 g/mol. The third-order valence-electron chi connectivity index (χ3n) is 4.65. The van der Waals surface area contributed by atoms with E-state index in [4.69, 9.17) is 32.7 Å². The molecule has 0 aromatic heterocycles. The van der Waals surface area contributed by atoms with Gasteiger partial charge in [-0.15, -0.1) is 0 Å². The highest BCUT2D eigenvalue weighted by Crippen LogP contribution is 2.31. The van der Waals surface area contributed by atoms with Gasteiger partial charge in [-0.05, 0) is 44.5 Å². The molecule has 9 nitrogen and oxygen atoms in total. The predicted molar refractivity (Wildman–Crippen MR) is 125 cm³/mol. The van der Waals surface area contributed by atoms with Gasteiger partial charge < -0.3 is 19.7 Å². The molecule has 2 aromatic carbocycles. The lowest BCUT2D eigenvalue weighted by atomic mass is 10.1. The Morgan fingerprint density at radius 1 is 1.12 bits per heavy atom. The van der Waals surface area contributed by atoms with Crippen LogP contribution in [0.4, 0.5) is 5.69 Å². The van der Waals surface area contributed by atoms with Gasteiger partial charge in [0.25, 0.3) is 5.91 Å². The molecule has 0 spiro atoms. The van der Waals surface area contributed by atoms with Gasteiger partial charge in [0.05, 0.1) is 22.1 Å². The number of carbonyl (C=O) groups excluding carboxylic acids is 2. The van der Waals surface area contributed by atoms with Crippen molar-refractivity contribution in [1.82, 2.24) is 10.2 Å². The lowest BCUT2D eigenvalue weighted by Crippen LogP contribution is -2.50. The first-order valence-electron chi connectivity index (χ1n) is 10.0. The largest absolute Gasteiger partial charge is 0.490 e. The highest BCUT2D eigenvalue weighted by molar-refractivity contribution is 6.42. The topological polar surface area (TPSA) is 111 Å². The molecule has 1 unspecified atom stereocenters. The molecule has 11 heteroatoms. The highest BCUT2D eigenvalue weighted by Gasteiger charge is 2.27. The number of nitrogens with one attached hydrogen (secondary N) is 1. The normalized spacial score (nSPS) is 11.6. The van der Waals surface area contributed by atoms with Crippen LogP contribution in [0.25, 0.3) is 0 Å². The van der Waals surface area contributed by atoms with E-state index in [0.29, 0.717) is 15.6 Å². The summed E-state index contributed by atoms with van der Waals surface area (Å²) in [5.41, 5.74) is 0.454. The van der Waals surface area contributed by atoms with Gasteiger partial charge in [-0.1, -0.05) is 29.3 Å². The van der Waals surface area contributed by atoms with Crippen LogP contribution in [-0.4, -0.2) is 47.4 Å². The van der Waals surface area contributed by atoms with Crippen molar-refractivity contribution in [2.45, 2.75) is 39.4 Å². The van der Waals surface area contributed by atoms with Crippen molar-refractivity contribution in [3.63, 3.8) is 0 Å². The van der Waals surface area contributed by atoms with E-state index in [0.717, 1.165) is 0 Å². The standard InChI is InChI=1S/C22H25Cl2N3O6/c1-13(2)25-22(29)14(3)26(11-15-5-7-17(23)18(24)9-15)21(28)12-33-16-6-8-19(27(30)31)20(10-16)32-4/h5-10,13-14H,11-12H2,1-4H3,(H,25,29). The van der Waals surface area contributed by atoms with Crippen molar-refractivity contribution in [3.8, 4) is 11.5 Å². The van der Waals surface area contributed by atoms with Gasteiger partial charge in [-0.3, -0.25) is 19.7 Å². The van der Waals surface area contributed by atoms with E-state index < -0.39 is 23.5 Å². The summed E-state index contributed by atoms with van der Waals surface area (Å²) in [7, 11) is 1.30. The first-order chi connectivity index (χ1) is 15.5. The Bertz CT molecular complexity index is 1030. The molecular weight excluding hydrogens is 473 g/mol. The maximum absolute atomic E-state index is 13.1. The molecule has 0 radical (unpaired) electrons. The summed E-state index contributed by atoms with van der Waals surface area (Å²) in [4.78, 5) is 37.5. The molecule has 2 rings (SSSR count). The summed E-state index contributed by atoms with van der Waals surface area (Å²) in [5, 5.41) is 14.5. The van der Waals surface area contributed by atoms with Crippen molar-refractivity contribution < 1.29 is 24.0 Å². The molecule has 0 aliphatic carbocycles. The molecule has 178 valence electrons. The van der Waals surface area contributed by atoms with Crippen LogP contribution < -0.4 is 14.8 Å². The second-order valence-electron chi connectivity index (χ2n) is 7.49. The van der Waals surface area contributed by atoms with Gasteiger partial charge in [0, 0.05) is 24.7 Å². The number of hydrogen-bond donors (Lipinski definition) is 1. The highest BCUT2D eigenvalue weighted by atomic mass is 35.5. The molecule has 2 amide bonds. The van der Waals surface area contributed by atoms with Crippen LogP contribution in [0.1, 0.15) is 26.3 Å². The minimum absolute atomic E-state index is 0.00212. The Kier molecular flexibility index (Phi) is 9.31. The number of hydrogen-bond acceptors (Lipinski definition) is 6. The molecule has 2 aromatic rings. The zero-order valence-corrected chi connectivity index (χ0v) is 20.1. The second kappa shape index (κ2) is 11.7. The van der Waals surface area contributed by atoms with Gasteiger partial charge >= 0.3 is 5.69 Å². The van der Waals surface area contributed by atoms with Crippen molar-refractivity contribution in [2.24, 2.45) is 0 Å². The van der Waals surface area contributed by atoms with E-state index in [1.54, 1.807) is 25.1 Å². The van der Waals surface area contributed by atoms with E-state index in [9.17, 15) is 19.7 Å². The number of halogens is 2. The van der Waals surface area contributed by atoms with E-state index in [1.807, 2.05) is 13.8 Å². The number of carbonyl (C=O) groups is 2. The third-order valence-corrected chi connectivity index (χ3v) is 5.38. The van der Waals surface area contributed by atoms with Crippen LogP contribution in [0, 0.1) is 10.1 Å². The number of benzene rings is 2. The summed E-state index contributed by atoms with van der Waals surface area (Å²) >= 11 is 12.1. The van der Waals surface area contributed by atoms with Crippen LogP contribution >= 0.6 is 23.2 Å². The van der Waals surface area contributed by atoms with Crippen molar-refractivity contribution in [3.05, 3.63) is 62.1 Å². The number of methoxy groups -OCH3 is 1. The lowest BCUT2D eigenvalue weighted by Gasteiger charge is -2.29. The number of nitro benzene ring substituents is 1. The van der Waals surface area contributed by atoms with Crippen molar-refractivity contribution in [2.75, 3.05) is 13.7 Å². The maximum atomic E-state index is 13.1. The van der Waals surface area contributed by atoms with Crippen LogP contribution in [0.5, 0.6) is 11.5 Å². The Morgan fingerprint density at radius 3 is 2.39 bits per heavy atom. The van der Waals surface area contributed by atoms with Crippen LogP contribution in [0.15, 0.2) is 36.4 Å². The van der Waals surface area contributed by atoms with E-state index in [-0.39, 0.29) is 35.7 Å². The number of nitro groups is 1. The van der Waals surface area contributed by atoms with E-state index in [2.05, 4.69) is 5.32 Å².